The Bertz CT molecular complexity index is 470. The number of nitrogens with one attached hydrogen (secondary N) is 1. The summed E-state index contributed by atoms with van der Waals surface area (Å²) in [6, 6.07) is 0. The minimum absolute atomic E-state index is 0.0101. The van der Waals surface area contributed by atoms with Crippen molar-refractivity contribution in [2.75, 3.05) is 11.5 Å². The lowest BCUT2D eigenvalue weighted by Gasteiger charge is -2.44. The van der Waals surface area contributed by atoms with Crippen LogP contribution in [-0.2, 0) is 19.4 Å². The number of hydrogen-bond acceptors (Lipinski definition) is 4. The molecule has 102 valence electrons. The van der Waals surface area contributed by atoms with Crippen molar-refractivity contribution in [1.82, 2.24) is 5.32 Å². The van der Waals surface area contributed by atoms with Crippen molar-refractivity contribution in [3.63, 3.8) is 0 Å². The Morgan fingerprint density at radius 2 is 2.11 bits per heavy atom. The molecule has 5 nitrogen and oxygen atoms in total. The minimum atomic E-state index is -3.12. The largest absolute Gasteiger partial charge is 0.296 e. The quantitative estimate of drug-likeness (QED) is 0.749. The smallest absolute Gasteiger partial charge is 0.230 e. The maximum absolute atomic E-state index is 12.0. The highest BCUT2D eigenvalue weighted by Gasteiger charge is 2.51. The first-order valence-electron chi connectivity index (χ1n) is 6.43. The lowest BCUT2D eigenvalue weighted by molar-refractivity contribution is -0.143. The average molecular weight is 273 g/mol. The predicted molar refractivity (Wildman–Crippen MR) is 66.5 cm³/mol. The summed E-state index contributed by atoms with van der Waals surface area (Å²) in [5.41, 5.74) is -0.646. The number of piperidine rings is 1. The summed E-state index contributed by atoms with van der Waals surface area (Å²) >= 11 is 0. The van der Waals surface area contributed by atoms with Crippen molar-refractivity contribution < 1.29 is 18.0 Å². The van der Waals surface area contributed by atoms with E-state index in [0.29, 0.717) is 19.3 Å². The highest BCUT2D eigenvalue weighted by atomic mass is 32.2. The van der Waals surface area contributed by atoms with Crippen molar-refractivity contribution >= 4 is 21.7 Å². The van der Waals surface area contributed by atoms with Gasteiger partial charge < -0.3 is 0 Å². The summed E-state index contributed by atoms with van der Waals surface area (Å²) in [5, 5.41) is 2.34. The van der Waals surface area contributed by atoms with Gasteiger partial charge in [0.25, 0.3) is 0 Å². The highest BCUT2D eigenvalue weighted by Crippen LogP contribution is 2.45. The molecule has 0 aliphatic carbocycles. The van der Waals surface area contributed by atoms with Crippen molar-refractivity contribution in [2.45, 2.75) is 39.0 Å². The van der Waals surface area contributed by atoms with Gasteiger partial charge in [-0.2, -0.15) is 0 Å². The molecule has 2 heterocycles. The van der Waals surface area contributed by atoms with E-state index in [1.165, 1.54) is 0 Å². The van der Waals surface area contributed by atoms with Crippen molar-refractivity contribution in [1.29, 1.82) is 0 Å². The van der Waals surface area contributed by atoms with E-state index in [4.69, 9.17) is 0 Å². The van der Waals surface area contributed by atoms with Crippen molar-refractivity contribution in [3.8, 4) is 0 Å². The molecule has 0 aromatic carbocycles. The molecule has 2 unspecified atom stereocenters. The van der Waals surface area contributed by atoms with Gasteiger partial charge in [0.1, 0.15) is 0 Å². The standard InChI is InChI=1S/C12H19NO4S/c1-2-4-9-11(15)13-10(14)7-12(9)5-3-6-18(16,17)8-12/h9H,2-8H2,1H3,(H,13,14,15). The second kappa shape index (κ2) is 4.64. The molecule has 0 radical (unpaired) electrons. The fourth-order valence-electron chi connectivity index (χ4n) is 3.36. The van der Waals surface area contributed by atoms with Gasteiger partial charge in [-0.1, -0.05) is 13.3 Å². The number of rotatable bonds is 2. The Morgan fingerprint density at radius 1 is 1.39 bits per heavy atom. The van der Waals surface area contributed by atoms with E-state index in [-0.39, 0.29) is 35.7 Å². The Labute approximate surface area is 107 Å². The molecule has 0 aromatic rings. The van der Waals surface area contributed by atoms with Crippen LogP contribution >= 0.6 is 0 Å². The lowest BCUT2D eigenvalue weighted by Crippen LogP contribution is -2.56. The highest BCUT2D eigenvalue weighted by molar-refractivity contribution is 7.91. The van der Waals surface area contributed by atoms with Gasteiger partial charge in [0.15, 0.2) is 9.84 Å². The van der Waals surface area contributed by atoms with Crippen LogP contribution in [0.3, 0.4) is 0 Å². The van der Waals surface area contributed by atoms with E-state index in [2.05, 4.69) is 5.32 Å². The molecular formula is C12H19NO4S. The Hall–Kier alpha value is -0.910. The van der Waals surface area contributed by atoms with Crippen LogP contribution in [0.4, 0.5) is 0 Å². The number of carbonyl (C=O) groups is 2. The molecule has 2 amide bonds. The van der Waals surface area contributed by atoms with Crippen molar-refractivity contribution in [2.24, 2.45) is 11.3 Å². The number of carbonyl (C=O) groups excluding carboxylic acids is 2. The van der Waals surface area contributed by atoms with E-state index in [1.807, 2.05) is 6.92 Å². The molecule has 1 N–H and O–H groups in total. The summed E-state index contributed by atoms with van der Waals surface area (Å²) in [4.78, 5) is 23.5. The maximum Gasteiger partial charge on any atom is 0.230 e. The van der Waals surface area contributed by atoms with E-state index < -0.39 is 15.3 Å². The molecular weight excluding hydrogens is 254 g/mol. The predicted octanol–water partition coefficient (Wildman–Crippen LogP) is 0.644. The minimum Gasteiger partial charge on any atom is -0.296 e. The molecule has 2 rings (SSSR count). The van der Waals surface area contributed by atoms with E-state index in [9.17, 15) is 18.0 Å². The van der Waals surface area contributed by atoms with Crippen molar-refractivity contribution in [3.05, 3.63) is 0 Å². The van der Waals surface area contributed by atoms with E-state index in [0.717, 1.165) is 6.42 Å². The van der Waals surface area contributed by atoms with Gasteiger partial charge in [0, 0.05) is 17.8 Å². The summed E-state index contributed by atoms with van der Waals surface area (Å²) in [5.74, 6) is -0.780. The summed E-state index contributed by atoms with van der Waals surface area (Å²) in [6.45, 7) is 1.97. The summed E-state index contributed by atoms with van der Waals surface area (Å²) in [7, 11) is -3.12. The topological polar surface area (TPSA) is 80.3 Å². The Kier molecular flexibility index (Phi) is 3.49. The molecule has 0 bridgehead atoms. The van der Waals surface area contributed by atoms with E-state index in [1.54, 1.807) is 0 Å². The number of hydrogen-bond donors (Lipinski definition) is 1. The zero-order chi connectivity index (χ0) is 13.4. The van der Waals surface area contributed by atoms with Gasteiger partial charge in [-0.25, -0.2) is 8.42 Å². The van der Waals surface area contributed by atoms with Crippen LogP contribution in [0, 0.1) is 11.3 Å². The SMILES string of the molecule is CCCC1C(=O)NC(=O)CC12CCCS(=O)(=O)C2. The second-order valence-electron chi connectivity index (χ2n) is 5.49. The first-order valence-corrected chi connectivity index (χ1v) is 8.25. The molecule has 2 saturated heterocycles. The molecule has 18 heavy (non-hydrogen) atoms. The number of sulfone groups is 1. The maximum atomic E-state index is 12.0. The monoisotopic (exact) mass is 273 g/mol. The molecule has 6 heteroatoms. The first kappa shape index (κ1) is 13.5. The van der Waals surface area contributed by atoms with Crippen LogP contribution in [-0.4, -0.2) is 31.7 Å². The van der Waals surface area contributed by atoms with Crippen LogP contribution < -0.4 is 5.32 Å². The third kappa shape index (κ3) is 2.43. The molecule has 0 aromatic heterocycles. The molecule has 2 fully saturated rings. The second-order valence-corrected chi connectivity index (χ2v) is 7.67. The van der Waals surface area contributed by atoms with Gasteiger partial charge >= 0.3 is 0 Å². The van der Waals surface area contributed by atoms with Gasteiger partial charge in [-0.05, 0) is 19.3 Å². The van der Waals surface area contributed by atoms with Gasteiger partial charge in [0.2, 0.25) is 11.8 Å². The van der Waals surface area contributed by atoms with Crippen LogP contribution in [0.1, 0.15) is 39.0 Å². The number of imide groups is 1. The van der Waals surface area contributed by atoms with Gasteiger partial charge in [0.05, 0.1) is 11.5 Å². The first-order chi connectivity index (χ1) is 8.38. The Morgan fingerprint density at radius 3 is 2.72 bits per heavy atom. The van der Waals surface area contributed by atoms with Crippen LogP contribution in [0.25, 0.3) is 0 Å². The fourth-order valence-corrected chi connectivity index (χ4v) is 5.41. The van der Waals surface area contributed by atoms with Gasteiger partial charge in [-0.15, -0.1) is 0 Å². The zero-order valence-electron chi connectivity index (χ0n) is 10.6. The molecule has 2 aliphatic rings. The van der Waals surface area contributed by atoms with Crippen LogP contribution in [0.5, 0.6) is 0 Å². The van der Waals surface area contributed by atoms with Crippen LogP contribution in [0.2, 0.25) is 0 Å². The zero-order valence-corrected chi connectivity index (χ0v) is 11.4. The number of amides is 2. The average Bonchev–Trinajstić information content (AvgIpc) is 2.21. The Balaban J connectivity index is 2.35. The normalized spacial score (nSPS) is 35.5. The summed E-state index contributed by atoms with van der Waals surface area (Å²) < 4.78 is 23.7. The molecule has 1 spiro atoms. The molecule has 2 atom stereocenters. The lowest BCUT2D eigenvalue weighted by atomic mass is 9.67. The van der Waals surface area contributed by atoms with Crippen LogP contribution in [0.15, 0.2) is 0 Å². The third-order valence-electron chi connectivity index (χ3n) is 4.05. The third-order valence-corrected chi connectivity index (χ3v) is 5.97. The molecule has 0 saturated carbocycles. The fraction of sp³-hybridized carbons (Fsp3) is 0.833. The molecule has 2 aliphatic heterocycles. The van der Waals surface area contributed by atoms with Gasteiger partial charge in [-0.3, -0.25) is 14.9 Å². The van der Waals surface area contributed by atoms with E-state index >= 15 is 0 Å². The summed E-state index contributed by atoms with van der Waals surface area (Å²) in [6.07, 6.45) is 2.85.